The van der Waals surface area contributed by atoms with E-state index in [4.69, 9.17) is 10.2 Å². The molecule has 7 nitrogen and oxygen atoms in total. The Bertz CT molecular complexity index is 1260. The maximum absolute atomic E-state index is 12.4. The highest BCUT2D eigenvalue weighted by atomic mass is 32.2. The third kappa shape index (κ3) is 3.77. The zero-order valence-electron chi connectivity index (χ0n) is 16.0. The highest BCUT2D eigenvalue weighted by Crippen LogP contribution is 2.27. The minimum Gasteiger partial charge on any atom is -0.325 e. The molecular formula is C21H18N6OS. The molecule has 0 atom stereocenters. The number of para-hydroxylation sites is 2. The minimum atomic E-state index is -0.179. The van der Waals surface area contributed by atoms with E-state index in [2.05, 4.69) is 35.4 Å². The summed E-state index contributed by atoms with van der Waals surface area (Å²) in [5.74, 6) is 1.05. The zero-order valence-corrected chi connectivity index (χ0v) is 16.8. The molecule has 8 heteroatoms. The third-order valence-corrected chi connectivity index (χ3v) is 5.31. The monoisotopic (exact) mass is 402 g/mol. The molecule has 0 fully saturated rings. The van der Waals surface area contributed by atoms with Gasteiger partial charge in [-0.3, -0.25) is 9.20 Å². The van der Waals surface area contributed by atoms with Crippen LogP contribution in [0.5, 0.6) is 0 Å². The lowest BCUT2D eigenvalue weighted by atomic mass is 10.2. The molecule has 4 rings (SSSR count). The highest BCUT2D eigenvalue weighted by molar-refractivity contribution is 8.00. The van der Waals surface area contributed by atoms with Gasteiger partial charge in [0.15, 0.2) is 5.65 Å². The molecule has 0 aliphatic carbocycles. The van der Waals surface area contributed by atoms with Crippen molar-refractivity contribution >= 4 is 40.0 Å². The Labute approximate surface area is 171 Å². The van der Waals surface area contributed by atoms with E-state index in [0.717, 1.165) is 16.9 Å². The van der Waals surface area contributed by atoms with Crippen molar-refractivity contribution in [2.24, 2.45) is 0 Å². The normalized spacial score (nSPS) is 11.1. The number of anilines is 1. The van der Waals surface area contributed by atoms with Crippen LogP contribution in [-0.4, -0.2) is 31.2 Å². The average Bonchev–Trinajstić information content (AvgIpc) is 3.18. The number of carbonyl (C=O) groups excluding carboxylic acids is 1. The largest absolute Gasteiger partial charge is 0.325 e. The van der Waals surface area contributed by atoms with Gasteiger partial charge in [-0.25, -0.2) is 4.98 Å². The molecule has 2 aromatic heterocycles. The lowest BCUT2D eigenvalue weighted by molar-refractivity contribution is -0.113. The zero-order chi connectivity index (χ0) is 20.4. The van der Waals surface area contributed by atoms with Crippen molar-refractivity contribution in [2.75, 3.05) is 11.1 Å². The van der Waals surface area contributed by atoms with Gasteiger partial charge in [-0.05, 0) is 30.3 Å². The van der Waals surface area contributed by atoms with E-state index in [9.17, 15) is 4.79 Å². The van der Waals surface area contributed by atoms with Gasteiger partial charge < -0.3 is 5.32 Å². The van der Waals surface area contributed by atoms with Gasteiger partial charge in [0, 0.05) is 11.6 Å². The molecule has 0 aliphatic rings. The topological polar surface area (TPSA) is 96.0 Å². The number of benzene rings is 2. The van der Waals surface area contributed by atoms with Gasteiger partial charge in [0.1, 0.15) is 10.9 Å². The number of nitrogens with zero attached hydrogens (tertiary/aromatic N) is 5. The van der Waals surface area contributed by atoms with Crippen molar-refractivity contribution in [3.05, 3.63) is 59.9 Å². The number of nitriles is 1. The van der Waals surface area contributed by atoms with E-state index >= 15 is 0 Å². The predicted molar refractivity (Wildman–Crippen MR) is 113 cm³/mol. The maximum atomic E-state index is 12.4. The minimum absolute atomic E-state index is 0.168. The molecule has 2 aromatic carbocycles. The van der Waals surface area contributed by atoms with Crippen molar-refractivity contribution in [3.8, 4) is 6.07 Å². The van der Waals surface area contributed by atoms with Crippen LogP contribution in [0.15, 0.2) is 53.6 Å². The highest BCUT2D eigenvalue weighted by Gasteiger charge is 2.18. The molecule has 0 saturated heterocycles. The van der Waals surface area contributed by atoms with E-state index in [-0.39, 0.29) is 17.6 Å². The number of fused-ring (bicyclic) bond motifs is 3. The molecule has 1 N–H and O–H groups in total. The van der Waals surface area contributed by atoms with Crippen LogP contribution in [-0.2, 0) is 4.79 Å². The number of aromatic nitrogens is 4. The second-order valence-corrected chi connectivity index (χ2v) is 7.77. The standard InChI is InChI=1S/C21H18N6OS/c1-13(2)19-25-26-20-21(24-16-8-3-4-9-17(16)27(19)20)29-12-18(28)23-15-7-5-6-14(10-15)11-22/h3-10,13H,12H2,1-2H3,(H,23,28). The van der Waals surface area contributed by atoms with Crippen LogP contribution in [0.3, 0.4) is 0 Å². The fourth-order valence-electron chi connectivity index (χ4n) is 3.05. The fraction of sp³-hybridized carbons (Fsp3) is 0.190. The number of amides is 1. The first-order chi connectivity index (χ1) is 14.1. The first-order valence-electron chi connectivity index (χ1n) is 9.13. The number of hydrogen-bond acceptors (Lipinski definition) is 6. The first-order valence-corrected chi connectivity index (χ1v) is 10.1. The van der Waals surface area contributed by atoms with Crippen LogP contribution in [0.2, 0.25) is 0 Å². The second-order valence-electron chi connectivity index (χ2n) is 6.81. The van der Waals surface area contributed by atoms with Gasteiger partial charge in [0.05, 0.1) is 28.4 Å². The number of nitrogens with one attached hydrogen (secondary N) is 1. The molecule has 0 saturated carbocycles. The summed E-state index contributed by atoms with van der Waals surface area (Å²) in [6.07, 6.45) is 0. The molecule has 0 aliphatic heterocycles. The first kappa shape index (κ1) is 18.9. The lowest BCUT2D eigenvalue weighted by Crippen LogP contribution is -2.14. The van der Waals surface area contributed by atoms with Crippen LogP contribution in [0.1, 0.15) is 31.2 Å². The molecule has 29 heavy (non-hydrogen) atoms. The van der Waals surface area contributed by atoms with Crippen molar-refractivity contribution in [1.82, 2.24) is 19.6 Å². The number of hydrogen-bond donors (Lipinski definition) is 1. The summed E-state index contributed by atoms with van der Waals surface area (Å²) >= 11 is 1.32. The van der Waals surface area contributed by atoms with Gasteiger partial charge in [-0.1, -0.05) is 43.8 Å². The SMILES string of the molecule is CC(C)c1nnc2c(SCC(=O)Nc3cccc(C#N)c3)nc3ccccc3n12. The molecule has 0 radical (unpaired) electrons. The smallest absolute Gasteiger partial charge is 0.234 e. The van der Waals surface area contributed by atoms with E-state index in [1.165, 1.54) is 11.8 Å². The van der Waals surface area contributed by atoms with Gasteiger partial charge in [-0.15, -0.1) is 10.2 Å². The predicted octanol–water partition coefficient (Wildman–Crippen LogP) is 4.00. The van der Waals surface area contributed by atoms with Crippen molar-refractivity contribution in [1.29, 1.82) is 5.26 Å². The van der Waals surface area contributed by atoms with E-state index < -0.39 is 0 Å². The molecule has 144 valence electrons. The van der Waals surface area contributed by atoms with E-state index in [0.29, 0.717) is 21.9 Å². The van der Waals surface area contributed by atoms with Crippen molar-refractivity contribution in [3.63, 3.8) is 0 Å². The van der Waals surface area contributed by atoms with Crippen LogP contribution >= 0.6 is 11.8 Å². The average molecular weight is 402 g/mol. The molecule has 0 bridgehead atoms. The Morgan fingerprint density at radius 1 is 1.21 bits per heavy atom. The van der Waals surface area contributed by atoms with Crippen LogP contribution in [0, 0.1) is 11.3 Å². The summed E-state index contributed by atoms with van der Waals surface area (Å²) in [6.45, 7) is 4.14. The molecule has 1 amide bonds. The number of rotatable bonds is 5. The Morgan fingerprint density at radius 3 is 2.83 bits per heavy atom. The second kappa shape index (κ2) is 7.89. The van der Waals surface area contributed by atoms with Gasteiger partial charge >= 0.3 is 0 Å². The van der Waals surface area contributed by atoms with Gasteiger partial charge in [-0.2, -0.15) is 5.26 Å². The van der Waals surface area contributed by atoms with Crippen LogP contribution in [0.4, 0.5) is 5.69 Å². The molecule has 0 unspecified atom stereocenters. The summed E-state index contributed by atoms with van der Waals surface area (Å²) in [6, 6.07) is 16.7. The molecular weight excluding hydrogens is 384 g/mol. The lowest BCUT2D eigenvalue weighted by Gasteiger charge is -2.10. The fourth-order valence-corrected chi connectivity index (χ4v) is 3.81. The van der Waals surface area contributed by atoms with Gasteiger partial charge in [0.25, 0.3) is 0 Å². The Hall–Kier alpha value is -3.44. The Balaban J connectivity index is 1.62. The number of thioether (sulfide) groups is 1. The summed E-state index contributed by atoms with van der Waals surface area (Å²) in [5.41, 5.74) is 3.51. The summed E-state index contributed by atoms with van der Waals surface area (Å²) in [5, 5.41) is 21.1. The molecule has 0 spiro atoms. The van der Waals surface area contributed by atoms with Crippen molar-refractivity contribution < 1.29 is 4.79 Å². The summed E-state index contributed by atoms with van der Waals surface area (Å²) < 4.78 is 2.02. The molecule has 2 heterocycles. The van der Waals surface area contributed by atoms with Crippen molar-refractivity contribution in [2.45, 2.75) is 24.8 Å². The maximum Gasteiger partial charge on any atom is 0.234 e. The van der Waals surface area contributed by atoms with Crippen LogP contribution in [0.25, 0.3) is 16.7 Å². The van der Waals surface area contributed by atoms with Crippen LogP contribution < -0.4 is 5.32 Å². The van der Waals surface area contributed by atoms with E-state index in [1.54, 1.807) is 24.3 Å². The quantitative estimate of drug-likeness (QED) is 0.507. The summed E-state index contributed by atoms with van der Waals surface area (Å²) in [4.78, 5) is 17.1. The van der Waals surface area contributed by atoms with E-state index in [1.807, 2.05) is 28.7 Å². The number of carbonyl (C=O) groups is 1. The third-order valence-electron chi connectivity index (χ3n) is 4.36. The Morgan fingerprint density at radius 2 is 2.03 bits per heavy atom. The molecule has 4 aromatic rings. The van der Waals surface area contributed by atoms with Gasteiger partial charge in [0.2, 0.25) is 5.91 Å². The Kier molecular flexibility index (Phi) is 5.14. The summed E-state index contributed by atoms with van der Waals surface area (Å²) in [7, 11) is 0.